The highest BCUT2D eigenvalue weighted by Crippen LogP contribution is 2.31. The van der Waals surface area contributed by atoms with Crippen LogP contribution < -0.4 is 11.5 Å². The molecular weight excluding hydrogens is 554 g/mol. The van der Waals surface area contributed by atoms with E-state index in [-0.39, 0.29) is 5.84 Å². The Hall–Kier alpha value is -5.65. The Labute approximate surface area is 263 Å². The van der Waals surface area contributed by atoms with E-state index < -0.39 is 0 Å². The molecule has 7 aromatic rings. The van der Waals surface area contributed by atoms with Crippen molar-refractivity contribution >= 4 is 55.3 Å². The maximum absolute atomic E-state index is 7.57. The summed E-state index contributed by atoms with van der Waals surface area (Å²) in [6, 6.07) is 35.9. The van der Waals surface area contributed by atoms with Crippen LogP contribution in [0.25, 0.3) is 49.5 Å². The van der Waals surface area contributed by atoms with Gasteiger partial charge in [-0.25, -0.2) is 0 Å². The fourth-order valence-electron chi connectivity index (χ4n) is 5.27. The quantitative estimate of drug-likeness (QED) is 0.105. The third-order valence-corrected chi connectivity index (χ3v) is 7.51. The van der Waals surface area contributed by atoms with Gasteiger partial charge in [-0.2, -0.15) is 0 Å². The lowest BCUT2D eigenvalue weighted by atomic mass is 10.0. The van der Waals surface area contributed by atoms with E-state index in [9.17, 15) is 0 Å². The molecule has 45 heavy (non-hydrogen) atoms. The number of para-hydroxylation sites is 2. The molecule has 224 valence electrons. The Morgan fingerprint density at radius 2 is 1.29 bits per heavy atom. The topological polar surface area (TPSA) is 102 Å². The van der Waals surface area contributed by atoms with Gasteiger partial charge in [0.1, 0.15) is 28.2 Å². The summed E-state index contributed by atoms with van der Waals surface area (Å²) in [5.74, 6) is 0.0668. The Morgan fingerprint density at radius 3 is 1.87 bits per heavy atom. The van der Waals surface area contributed by atoms with Gasteiger partial charge in [0.25, 0.3) is 0 Å². The predicted molar refractivity (Wildman–Crippen MR) is 191 cm³/mol. The average molecular weight is 592 g/mol. The van der Waals surface area contributed by atoms with Crippen LogP contribution in [0.1, 0.15) is 29.2 Å². The molecule has 0 spiro atoms. The number of hydrogen-bond donors (Lipinski definition) is 3. The van der Waals surface area contributed by atoms with Crippen LogP contribution in [0.4, 0.5) is 0 Å². The van der Waals surface area contributed by atoms with Crippen LogP contribution in [0.3, 0.4) is 0 Å². The van der Waals surface area contributed by atoms with Gasteiger partial charge in [-0.1, -0.05) is 116 Å². The van der Waals surface area contributed by atoms with E-state index in [0.29, 0.717) is 6.54 Å². The zero-order valence-electron chi connectivity index (χ0n) is 25.6. The molecule has 0 aliphatic heterocycles. The molecule has 5 aromatic carbocycles. The smallest absolute Gasteiger partial charge is 0.136 e. The van der Waals surface area contributed by atoms with Crippen molar-refractivity contribution in [3.05, 3.63) is 162 Å². The summed E-state index contributed by atoms with van der Waals surface area (Å²) in [5.41, 5.74) is 20.1. The Balaban J connectivity index is 0.000000134. The lowest BCUT2D eigenvalue weighted by Gasteiger charge is -2.02. The number of nitrogens with two attached hydrogens (primary N) is 2. The number of benzene rings is 5. The summed E-state index contributed by atoms with van der Waals surface area (Å²) in [7, 11) is 0. The Kier molecular flexibility index (Phi) is 9.73. The van der Waals surface area contributed by atoms with Crippen LogP contribution >= 0.6 is 0 Å². The maximum Gasteiger partial charge on any atom is 0.136 e. The molecule has 7 rings (SSSR count). The SMILES string of the molecule is C=C/C(=C\C=C/C)c1ccc(CN)cc1.Cc1cccc2oc3ccccc3c12.N=C(N)c1cccc2oc3ccccc3c12. The van der Waals surface area contributed by atoms with Crippen LogP contribution in [-0.4, -0.2) is 5.84 Å². The predicted octanol–water partition coefficient (Wildman–Crippen LogP) is 10.1. The van der Waals surface area contributed by atoms with E-state index in [2.05, 4.69) is 37.8 Å². The van der Waals surface area contributed by atoms with Crippen molar-refractivity contribution in [3.8, 4) is 0 Å². The molecule has 5 heteroatoms. The standard InChI is InChI=1S/C14H17N.C13H10N2O.C13H10O/c1-3-5-6-13(4-2)14-9-7-12(11-15)8-10-14;14-13(15)9-5-3-7-11-12(9)8-4-1-2-6-10(8)16-11;1-9-5-4-8-12-13(9)10-6-2-3-7-11(10)14-12/h3-10H,2,11,15H2,1H3;1-7H,(H3,14,15);2-8H,1H3/b5-3-,13-6+;;. The van der Waals surface area contributed by atoms with Crippen molar-refractivity contribution in [3.63, 3.8) is 0 Å². The number of fused-ring (bicyclic) bond motifs is 6. The van der Waals surface area contributed by atoms with E-state index in [1.807, 2.05) is 116 Å². The van der Waals surface area contributed by atoms with E-state index in [1.165, 1.54) is 21.9 Å². The highest BCUT2D eigenvalue weighted by atomic mass is 16.3. The maximum atomic E-state index is 7.57. The van der Waals surface area contributed by atoms with Gasteiger partial charge in [0, 0.05) is 33.7 Å². The second-order valence-electron chi connectivity index (χ2n) is 10.5. The molecule has 5 nitrogen and oxygen atoms in total. The molecule has 0 bridgehead atoms. The van der Waals surface area contributed by atoms with Crippen molar-refractivity contribution in [2.45, 2.75) is 20.4 Å². The van der Waals surface area contributed by atoms with Crippen molar-refractivity contribution in [2.75, 3.05) is 0 Å². The molecule has 5 N–H and O–H groups in total. The number of nitrogen functional groups attached to an aromatic ring is 1. The summed E-state index contributed by atoms with van der Waals surface area (Å²) in [6.07, 6.45) is 7.91. The van der Waals surface area contributed by atoms with E-state index >= 15 is 0 Å². The number of aryl methyl sites for hydroxylation is 1. The number of rotatable bonds is 5. The minimum absolute atomic E-state index is 0.0668. The molecule has 0 saturated carbocycles. The van der Waals surface area contributed by atoms with E-state index in [0.717, 1.165) is 49.8 Å². The van der Waals surface area contributed by atoms with Gasteiger partial charge in [0.2, 0.25) is 0 Å². The van der Waals surface area contributed by atoms with Gasteiger partial charge in [-0.15, -0.1) is 0 Å². The van der Waals surface area contributed by atoms with Crippen LogP contribution in [-0.2, 0) is 6.54 Å². The first-order valence-corrected chi connectivity index (χ1v) is 14.8. The molecule has 0 aliphatic carbocycles. The minimum atomic E-state index is 0.0668. The summed E-state index contributed by atoms with van der Waals surface area (Å²) in [6.45, 7) is 8.50. The highest BCUT2D eigenvalue weighted by Gasteiger charge is 2.11. The van der Waals surface area contributed by atoms with Crippen LogP contribution in [0.15, 0.2) is 149 Å². The van der Waals surface area contributed by atoms with Gasteiger partial charge >= 0.3 is 0 Å². The average Bonchev–Trinajstić information content (AvgIpc) is 3.65. The first kappa shape index (κ1) is 30.8. The number of hydrogen-bond acceptors (Lipinski definition) is 4. The van der Waals surface area contributed by atoms with Crippen molar-refractivity contribution in [1.82, 2.24) is 0 Å². The number of furan rings is 2. The van der Waals surface area contributed by atoms with E-state index in [1.54, 1.807) is 0 Å². The monoisotopic (exact) mass is 591 g/mol. The Morgan fingerprint density at radius 1 is 0.733 bits per heavy atom. The molecule has 0 unspecified atom stereocenters. The fraction of sp³-hybridized carbons (Fsp3) is 0.0750. The number of amidine groups is 1. The van der Waals surface area contributed by atoms with Gasteiger partial charge in [-0.05, 0) is 60.4 Å². The summed E-state index contributed by atoms with van der Waals surface area (Å²) < 4.78 is 11.4. The molecule has 0 saturated heterocycles. The number of nitrogens with one attached hydrogen (secondary N) is 1. The first-order chi connectivity index (χ1) is 21.9. The van der Waals surface area contributed by atoms with Crippen molar-refractivity contribution in [2.24, 2.45) is 11.5 Å². The molecule has 2 heterocycles. The second-order valence-corrected chi connectivity index (χ2v) is 10.5. The molecule has 0 aliphatic rings. The normalized spacial score (nSPS) is 11.4. The van der Waals surface area contributed by atoms with Crippen LogP contribution in [0.5, 0.6) is 0 Å². The third-order valence-electron chi connectivity index (χ3n) is 7.51. The lowest BCUT2D eigenvalue weighted by Crippen LogP contribution is -2.10. The minimum Gasteiger partial charge on any atom is -0.456 e. The molecule has 0 radical (unpaired) electrons. The van der Waals surface area contributed by atoms with Gasteiger partial charge in [0.05, 0.1) is 0 Å². The Bertz CT molecular complexity index is 2160. The summed E-state index contributed by atoms with van der Waals surface area (Å²) in [4.78, 5) is 0. The van der Waals surface area contributed by atoms with Crippen molar-refractivity contribution < 1.29 is 8.83 Å². The molecular formula is C40H37N3O2. The third kappa shape index (κ3) is 6.80. The first-order valence-electron chi connectivity index (χ1n) is 14.8. The van der Waals surface area contributed by atoms with Gasteiger partial charge in [0.15, 0.2) is 0 Å². The highest BCUT2D eigenvalue weighted by molar-refractivity contribution is 6.16. The van der Waals surface area contributed by atoms with Gasteiger partial charge < -0.3 is 20.3 Å². The molecule has 0 fully saturated rings. The van der Waals surface area contributed by atoms with Crippen LogP contribution in [0.2, 0.25) is 0 Å². The molecule has 0 atom stereocenters. The van der Waals surface area contributed by atoms with Crippen LogP contribution in [0, 0.1) is 12.3 Å². The second kappa shape index (κ2) is 14.2. The zero-order chi connectivity index (χ0) is 31.8. The lowest BCUT2D eigenvalue weighted by molar-refractivity contribution is 0.668. The van der Waals surface area contributed by atoms with Gasteiger partial charge in [-0.3, -0.25) is 5.41 Å². The molecule has 2 aromatic heterocycles. The largest absolute Gasteiger partial charge is 0.456 e. The zero-order valence-corrected chi connectivity index (χ0v) is 25.6. The fourth-order valence-corrected chi connectivity index (χ4v) is 5.27. The van der Waals surface area contributed by atoms with E-state index in [4.69, 9.17) is 25.7 Å². The summed E-state index contributed by atoms with van der Waals surface area (Å²) in [5, 5.41) is 11.9. The molecule has 0 amide bonds. The van der Waals surface area contributed by atoms with Crippen molar-refractivity contribution in [1.29, 1.82) is 5.41 Å². The summed E-state index contributed by atoms with van der Waals surface area (Å²) >= 11 is 0. The number of allylic oxidation sites excluding steroid dienone is 5.